The SMILES string of the molecule is C=CCOc1cc(C)nc(C2CC2)n1.CC.CCC.OP(O)(O)=S.OP(O)(O)=S. The van der Waals surface area contributed by atoms with Gasteiger partial charge in [0.25, 0.3) is 0 Å². The summed E-state index contributed by atoms with van der Waals surface area (Å²) in [7, 11) is 0. The lowest BCUT2D eigenvalue weighted by Gasteiger charge is -2.05. The number of aromatic nitrogens is 2. The van der Waals surface area contributed by atoms with E-state index < -0.39 is 13.4 Å². The van der Waals surface area contributed by atoms with E-state index in [-0.39, 0.29) is 0 Å². The Morgan fingerprint density at radius 3 is 1.76 bits per heavy atom. The van der Waals surface area contributed by atoms with Crippen LogP contribution in [0.2, 0.25) is 0 Å². The molecule has 1 aromatic heterocycles. The summed E-state index contributed by atoms with van der Waals surface area (Å²) in [6.07, 6.45) is 5.39. The zero-order valence-electron chi connectivity index (χ0n) is 17.5. The molecule has 0 spiro atoms. The van der Waals surface area contributed by atoms with Gasteiger partial charge in [-0.1, -0.05) is 46.8 Å². The fourth-order valence-electron chi connectivity index (χ4n) is 1.30. The number of nitrogens with zero attached hydrogens (tertiary/aromatic N) is 2. The van der Waals surface area contributed by atoms with Crippen molar-refractivity contribution in [2.24, 2.45) is 0 Å². The molecule has 0 unspecified atom stereocenters. The monoisotopic (exact) mass is 492 g/mol. The highest BCUT2D eigenvalue weighted by Crippen LogP contribution is 2.38. The van der Waals surface area contributed by atoms with E-state index in [1.165, 1.54) is 19.3 Å². The molecule has 0 aromatic carbocycles. The largest absolute Gasteiger partial charge is 0.473 e. The summed E-state index contributed by atoms with van der Waals surface area (Å²) in [6.45, 7) is 6.71. The lowest BCUT2D eigenvalue weighted by molar-refractivity contribution is 0.346. The van der Waals surface area contributed by atoms with Crippen molar-refractivity contribution in [3.8, 4) is 5.88 Å². The molecule has 1 aliphatic carbocycles. The number of rotatable bonds is 4. The predicted octanol–water partition coefficient (Wildman–Crippen LogP) is 3.05. The Labute approximate surface area is 183 Å². The summed E-state index contributed by atoms with van der Waals surface area (Å²) < 4.78 is 5.39. The molecule has 13 heteroatoms. The summed E-state index contributed by atoms with van der Waals surface area (Å²) in [5, 5.41) is 0. The standard InChI is InChI=1S/C11H14N2O.C3H8.C2H6.2H3O3PS/c1-3-6-14-10-7-8(2)12-11(13-10)9-4-5-9;1-3-2;1-2;2*1-4(2,3)5/h3,7,9H,1,4-6H2,2H3;3H2,1-2H3;1-2H3;2*(H3,1,2,3,5). The fraction of sp³-hybridized carbons (Fsp3) is 0.625. The number of aryl methyl sites for hydroxylation is 1. The van der Waals surface area contributed by atoms with Gasteiger partial charge in [0.1, 0.15) is 12.4 Å². The van der Waals surface area contributed by atoms with Gasteiger partial charge in [0.15, 0.2) is 0 Å². The maximum atomic E-state index is 7.56. The molecule has 1 saturated carbocycles. The maximum absolute atomic E-state index is 7.56. The van der Waals surface area contributed by atoms with Crippen molar-refractivity contribution in [1.29, 1.82) is 0 Å². The van der Waals surface area contributed by atoms with Crippen LogP contribution in [0.4, 0.5) is 0 Å². The zero-order valence-corrected chi connectivity index (χ0v) is 20.9. The number of hydrogen-bond acceptors (Lipinski definition) is 5. The first-order valence-electron chi connectivity index (χ1n) is 8.87. The predicted molar refractivity (Wildman–Crippen MR) is 124 cm³/mol. The van der Waals surface area contributed by atoms with Gasteiger partial charge in [0.2, 0.25) is 5.88 Å². The van der Waals surface area contributed by atoms with E-state index in [9.17, 15) is 0 Å². The zero-order chi connectivity index (χ0) is 23.7. The highest BCUT2D eigenvalue weighted by atomic mass is 32.5. The molecule has 29 heavy (non-hydrogen) atoms. The van der Waals surface area contributed by atoms with Crippen LogP contribution in [0, 0.1) is 6.92 Å². The summed E-state index contributed by atoms with van der Waals surface area (Å²) in [5.41, 5.74) is 0.973. The van der Waals surface area contributed by atoms with Crippen LogP contribution in [-0.4, -0.2) is 45.9 Å². The van der Waals surface area contributed by atoms with Gasteiger partial charge < -0.3 is 34.1 Å². The van der Waals surface area contributed by atoms with Crippen molar-refractivity contribution in [3.05, 3.63) is 30.2 Å². The van der Waals surface area contributed by atoms with Crippen molar-refractivity contribution in [2.75, 3.05) is 6.61 Å². The molecule has 6 N–H and O–H groups in total. The van der Waals surface area contributed by atoms with Crippen molar-refractivity contribution in [3.63, 3.8) is 0 Å². The van der Waals surface area contributed by atoms with Crippen LogP contribution in [-0.2, 0) is 23.6 Å². The second kappa shape index (κ2) is 18.4. The molecule has 1 aromatic rings. The van der Waals surface area contributed by atoms with Crippen LogP contribution >= 0.6 is 13.4 Å². The minimum Gasteiger partial charge on any atom is -0.473 e. The van der Waals surface area contributed by atoms with Crippen molar-refractivity contribution >= 4 is 37.1 Å². The van der Waals surface area contributed by atoms with Gasteiger partial charge >= 0.3 is 13.4 Å². The third-order valence-electron chi connectivity index (χ3n) is 2.14. The summed E-state index contributed by atoms with van der Waals surface area (Å²) in [5.74, 6) is 2.17. The number of hydrogen-bond donors (Lipinski definition) is 6. The lowest BCUT2D eigenvalue weighted by atomic mass is 10.3. The van der Waals surface area contributed by atoms with Gasteiger partial charge in [0.05, 0.1) is 0 Å². The molecule has 0 amide bonds. The van der Waals surface area contributed by atoms with Crippen LogP contribution in [0.5, 0.6) is 5.88 Å². The maximum Gasteiger partial charge on any atom is 0.319 e. The minimum absolute atomic E-state index is 0.501. The molecule has 0 saturated heterocycles. The van der Waals surface area contributed by atoms with Crippen LogP contribution in [0.15, 0.2) is 18.7 Å². The van der Waals surface area contributed by atoms with E-state index in [1.54, 1.807) is 6.08 Å². The van der Waals surface area contributed by atoms with Gasteiger partial charge in [-0.05, 0) is 43.4 Å². The second-order valence-corrected chi connectivity index (χ2v) is 10.3. The molecular weight excluding hydrogens is 458 g/mol. The second-order valence-electron chi connectivity index (χ2n) is 5.31. The first kappa shape index (κ1) is 33.3. The van der Waals surface area contributed by atoms with Crippen molar-refractivity contribution < 1.29 is 34.1 Å². The highest BCUT2D eigenvalue weighted by Gasteiger charge is 2.27. The van der Waals surface area contributed by atoms with Crippen LogP contribution < -0.4 is 4.74 Å². The lowest BCUT2D eigenvalue weighted by Crippen LogP contribution is -2.01. The van der Waals surface area contributed by atoms with Crippen molar-refractivity contribution in [2.45, 2.75) is 59.8 Å². The average molecular weight is 493 g/mol. The molecular formula is C16H34N2O7P2S2. The average Bonchev–Trinajstić information content (AvgIpc) is 3.37. The van der Waals surface area contributed by atoms with E-state index in [4.69, 9.17) is 34.1 Å². The molecule has 172 valence electrons. The van der Waals surface area contributed by atoms with E-state index in [1.807, 2.05) is 26.8 Å². The molecule has 0 atom stereocenters. The molecule has 0 bridgehead atoms. The Hall–Kier alpha value is -0.320. The first-order chi connectivity index (χ1) is 13.2. The van der Waals surface area contributed by atoms with E-state index in [2.05, 4.69) is 54.0 Å². The van der Waals surface area contributed by atoms with Gasteiger partial charge in [-0.25, -0.2) is 4.98 Å². The van der Waals surface area contributed by atoms with Crippen LogP contribution in [0.1, 0.15) is 64.4 Å². The van der Waals surface area contributed by atoms with Gasteiger partial charge in [-0.2, -0.15) is 4.98 Å². The van der Waals surface area contributed by atoms with E-state index in [0.29, 0.717) is 18.4 Å². The number of ether oxygens (including phenoxy) is 1. The smallest absolute Gasteiger partial charge is 0.319 e. The Kier molecular flexibility index (Phi) is 21.2. The molecule has 1 heterocycles. The van der Waals surface area contributed by atoms with Crippen LogP contribution in [0.3, 0.4) is 0 Å². The quantitative estimate of drug-likeness (QED) is 0.271. The molecule has 0 radical (unpaired) electrons. The molecule has 2 rings (SSSR count). The first-order valence-corrected chi connectivity index (χ1v) is 14.2. The minimum atomic E-state index is -3.81. The molecule has 1 aliphatic rings. The van der Waals surface area contributed by atoms with Gasteiger partial charge in [-0.15, -0.1) is 0 Å². The van der Waals surface area contributed by atoms with Crippen molar-refractivity contribution in [1.82, 2.24) is 9.97 Å². The molecule has 9 nitrogen and oxygen atoms in total. The summed E-state index contributed by atoms with van der Waals surface area (Å²) in [6, 6.07) is 1.86. The Morgan fingerprint density at radius 1 is 1.07 bits per heavy atom. The summed E-state index contributed by atoms with van der Waals surface area (Å²) >= 11 is 7.21. The van der Waals surface area contributed by atoms with Crippen LogP contribution in [0.25, 0.3) is 0 Å². The topological polar surface area (TPSA) is 156 Å². The Balaban J connectivity index is -0.000000376. The normalized spacial score (nSPS) is 12.2. The Bertz CT molecular complexity index is 614. The van der Waals surface area contributed by atoms with E-state index in [0.717, 1.165) is 11.5 Å². The fourth-order valence-corrected chi connectivity index (χ4v) is 1.30. The Morgan fingerprint density at radius 2 is 1.45 bits per heavy atom. The van der Waals surface area contributed by atoms with Gasteiger partial charge in [0, 0.05) is 17.7 Å². The van der Waals surface area contributed by atoms with E-state index >= 15 is 0 Å². The molecule has 0 aliphatic heterocycles. The highest BCUT2D eigenvalue weighted by molar-refractivity contribution is 8.06. The third kappa shape index (κ3) is 35.5. The molecule has 1 fully saturated rings. The summed E-state index contributed by atoms with van der Waals surface area (Å²) in [4.78, 5) is 54.1. The van der Waals surface area contributed by atoms with Gasteiger partial charge in [-0.3, -0.25) is 0 Å². The third-order valence-corrected chi connectivity index (χ3v) is 2.14.